The first-order valence-corrected chi connectivity index (χ1v) is 9.06. The van der Waals surface area contributed by atoms with Crippen LogP contribution in [0, 0.1) is 0 Å². The number of alkyl carbamates (subject to hydrolysis) is 1. The number of ether oxygens (including phenoxy) is 1. The number of amides is 1. The first kappa shape index (κ1) is 27.4. The van der Waals surface area contributed by atoms with Gasteiger partial charge in [0.15, 0.2) is 5.96 Å². The zero-order valence-corrected chi connectivity index (χ0v) is 20.4. The minimum atomic E-state index is -0.507. The van der Waals surface area contributed by atoms with Gasteiger partial charge in [0.2, 0.25) is 0 Å². The third kappa shape index (κ3) is 13.4. The molecule has 26 heavy (non-hydrogen) atoms. The first-order valence-electron chi connectivity index (χ1n) is 9.06. The lowest BCUT2D eigenvalue weighted by atomic mass is 10.1. The summed E-state index contributed by atoms with van der Waals surface area (Å²) in [5.74, 6) is 0.719. The predicted octanol–water partition coefficient (Wildman–Crippen LogP) is 2.80. The molecule has 0 aliphatic carbocycles. The molecule has 156 valence electrons. The molecule has 0 bridgehead atoms. The Hall–Kier alpha value is -0.770. The van der Waals surface area contributed by atoms with Gasteiger partial charge in [0.1, 0.15) is 5.60 Å². The third-order valence-electron chi connectivity index (χ3n) is 3.86. The van der Waals surface area contributed by atoms with Crippen LogP contribution in [0.15, 0.2) is 4.99 Å². The van der Waals surface area contributed by atoms with Crippen LogP contribution in [0.1, 0.15) is 54.9 Å². The summed E-state index contributed by atoms with van der Waals surface area (Å²) in [6.45, 7) is 16.1. The molecule has 0 aromatic carbocycles. The molecular weight excluding hydrogens is 445 g/mol. The molecule has 0 spiro atoms. The molecule has 0 aromatic rings. The van der Waals surface area contributed by atoms with E-state index in [1.165, 1.54) is 0 Å². The number of guanidine groups is 1. The zero-order chi connectivity index (χ0) is 19.7. The lowest BCUT2D eigenvalue weighted by Crippen LogP contribution is -2.54. The van der Waals surface area contributed by atoms with Crippen molar-refractivity contribution in [2.24, 2.45) is 4.99 Å². The number of aliphatic imine (C=N–C) groups is 1. The number of carbonyl (C=O) groups is 1. The van der Waals surface area contributed by atoms with Crippen molar-refractivity contribution in [1.29, 1.82) is 0 Å². The molecule has 0 saturated heterocycles. The van der Waals surface area contributed by atoms with Crippen LogP contribution in [0.3, 0.4) is 0 Å². The van der Waals surface area contributed by atoms with Gasteiger partial charge in [0.05, 0.1) is 5.54 Å². The number of hydrogen-bond donors (Lipinski definition) is 3. The number of likely N-dealkylation sites (N-methyl/N-ethyl adjacent to an activating group) is 1. The summed E-state index contributed by atoms with van der Waals surface area (Å²) >= 11 is 0. The second-order valence-electron chi connectivity index (χ2n) is 8.10. The normalized spacial score (nSPS) is 13.7. The van der Waals surface area contributed by atoms with Crippen molar-refractivity contribution in [2.45, 2.75) is 72.1 Å². The molecule has 0 saturated carbocycles. The lowest BCUT2D eigenvalue weighted by molar-refractivity contribution is 0.0474. The van der Waals surface area contributed by atoms with Gasteiger partial charge in [-0.25, -0.2) is 4.79 Å². The summed E-state index contributed by atoms with van der Waals surface area (Å²) in [5, 5.41) is 9.42. The molecule has 7 nitrogen and oxygen atoms in total. The number of hydrogen-bond acceptors (Lipinski definition) is 4. The van der Waals surface area contributed by atoms with Crippen molar-refractivity contribution < 1.29 is 9.53 Å². The molecule has 0 rings (SSSR count). The molecule has 1 unspecified atom stereocenters. The fourth-order valence-electron chi connectivity index (χ4n) is 2.03. The minimum absolute atomic E-state index is 0. The number of halogens is 1. The second kappa shape index (κ2) is 12.6. The molecule has 0 heterocycles. The maximum atomic E-state index is 11.9. The van der Waals surface area contributed by atoms with Gasteiger partial charge < -0.3 is 25.6 Å². The van der Waals surface area contributed by atoms with E-state index in [1.54, 1.807) is 7.05 Å². The van der Waals surface area contributed by atoms with Crippen LogP contribution in [0.25, 0.3) is 0 Å². The molecular formula is C18H40IN5O2. The van der Waals surface area contributed by atoms with E-state index in [0.717, 1.165) is 25.5 Å². The summed E-state index contributed by atoms with van der Waals surface area (Å²) in [6.07, 6.45) is 0.714. The highest BCUT2D eigenvalue weighted by Gasteiger charge is 2.24. The smallest absolute Gasteiger partial charge is 0.408 e. The maximum Gasteiger partial charge on any atom is 0.408 e. The Morgan fingerprint density at radius 2 is 1.77 bits per heavy atom. The van der Waals surface area contributed by atoms with Crippen molar-refractivity contribution in [3.63, 3.8) is 0 Å². The monoisotopic (exact) mass is 485 g/mol. The summed E-state index contributed by atoms with van der Waals surface area (Å²) in [7, 11) is 3.86. The van der Waals surface area contributed by atoms with E-state index >= 15 is 0 Å². The first-order chi connectivity index (χ1) is 11.4. The number of nitrogens with zero attached hydrogens (tertiary/aromatic N) is 2. The van der Waals surface area contributed by atoms with Crippen molar-refractivity contribution in [3.05, 3.63) is 0 Å². The average molecular weight is 485 g/mol. The Bertz CT molecular complexity index is 436. The largest absolute Gasteiger partial charge is 0.444 e. The molecule has 0 aromatic heterocycles. The highest BCUT2D eigenvalue weighted by Crippen LogP contribution is 2.09. The van der Waals surface area contributed by atoms with Crippen LogP contribution in [-0.2, 0) is 4.74 Å². The number of carbonyl (C=O) groups excluding carboxylic acids is 1. The van der Waals surface area contributed by atoms with Crippen LogP contribution >= 0.6 is 24.0 Å². The molecule has 0 fully saturated rings. The van der Waals surface area contributed by atoms with Gasteiger partial charge >= 0.3 is 6.09 Å². The van der Waals surface area contributed by atoms with Crippen LogP contribution in [0.4, 0.5) is 4.79 Å². The maximum absolute atomic E-state index is 11.9. The van der Waals surface area contributed by atoms with Gasteiger partial charge in [0, 0.05) is 32.7 Å². The van der Waals surface area contributed by atoms with E-state index in [-0.39, 0.29) is 24.0 Å². The Balaban J connectivity index is 0. The van der Waals surface area contributed by atoms with Gasteiger partial charge in [0.25, 0.3) is 0 Å². The van der Waals surface area contributed by atoms with E-state index in [9.17, 15) is 4.79 Å². The lowest BCUT2D eigenvalue weighted by Gasteiger charge is -2.29. The van der Waals surface area contributed by atoms with Gasteiger partial charge in [-0.15, -0.1) is 24.0 Å². The average Bonchev–Trinajstić information content (AvgIpc) is 2.46. The SMILES string of the molecule is CCC(C)N(C)CCNC(=NC)NCC(C)(C)NC(=O)OC(C)(C)C.I. The molecule has 3 N–H and O–H groups in total. The van der Waals surface area contributed by atoms with E-state index in [4.69, 9.17) is 4.74 Å². The Labute approximate surface area is 177 Å². The molecule has 0 aliphatic heterocycles. The van der Waals surface area contributed by atoms with Gasteiger partial charge in [-0.3, -0.25) is 4.99 Å². The Kier molecular flexibility index (Phi) is 13.3. The second-order valence-corrected chi connectivity index (χ2v) is 8.10. The highest BCUT2D eigenvalue weighted by molar-refractivity contribution is 14.0. The molecule has 1 atom stereocenters. The van der Waals surface area contributed by atoms with Gasteiger partial charge in [-0.2, -0.15) is 0 Å². The van der Waals surface area contributed by atoms with Crippen molar-refractivity contribution >= 4 is 36.0 Å². The Morgan fingerprint density at radius 1 is 1.19 bits per heavy atom. The van der Waals surface area contributed by atoms with E-state index in [1.807, 2.05) is 34.6 Å². The van der Waals surface area contributed by atoms with E-state index in [2.05, 4.69) is 46.7 Å². The minimum Gasteiger partial charge on any atom is -0.444 e. The molecule has 0 aliphatic rings. The molecule has 8 heteroatoms. The van der Waals surface area contributed by atoms with Crippen LogP contribution in [-0.4, -0.2) is 67.9 Å². The van der Waals surface area contributed by atoms with E-state index < -0.39 is 17.2 Å². The van der Waals surface area contributed by atoms with Gasteiger partial charge in [-0.05, 0) is 55.0 Å². The highest BCUT2D eigenvalue weighted by atomic mass is 127. The zero-order valence-electron chi connectivity index (χ0n) is 18.0. The number of nitrogens with one attached hydrogen (secondary N) is 3. The fourth-order valence-corrected chi connectivity index (χ4v) is 2.03. The summed E-state index contributed by atoms with van der Waals surface area (Å²) in [4.78, 5) is 18.5. The van der Waals surface area contributed by atoms with Gasteiger partial charge in [-0.1, -0.05) is 6.92 Å². The molecule has 0 radical (unpaired) electrons. The molecule has 1 amide bonds. The van der Waals surface area contributed by atoms with Crippen molar-refractivity contribution in [2.75, 3.05) is 33.7 Å². The summed E-state index contributed by atoms with van der Waals surface area (Å²) in [5.41, 5.74) is -0.972. The summed E-state index contributed by atoms with van der Waals surface area (Å²) < 4.78 is 5.30. The quantitative estimate of drug-likeness (QED) is 0.280. The number of rotatable bonds is 8. The Morgan fingerprint density at radius 3 is 2.23 bits per heavy atom. The fraction of sp³-hybridized carbons (Fsp3) is 0.889. The van der Waals surface area contributed by atoms with Crippen LogP contribution in [0.5, 0.6) is 0 Å². The summed E-state index contributed by atoms with van der Waals surface area (Å²) in [6, 6.07) is 0.564. The van der Waals surface area contributed by atoms with Crippen molar-refractivity contribution in [1.82, 2.24) is 20.9 Å². The predicted molar refractivity (Wildman–Crippen MR) is 121 cm³/mol. The third-order valence-corrected chi connectivity index (χ3v) is 3.86. The van der Waals surface area contributed by atoms with Crippen LogP contribution < -0.4 is 16.0 Å². The van der Waals surface area contributed by atoms with Crippen molar-refractivity contribution in [3.8, 4) is 0 Å². The topological polar surface area (TPSA) is 78.0 Å². The van der Waals surface area contributed by atoms with E-state index in [0.29, 0.717) is 12.6 Å². The van der Waals surface area contributed by atoms with Crippen LogP contribution in [0.2, 0.25) is 0 Å². The standard InChI is InChI=1S/C18H39N5O2.HI/c1-10-14(2)23(9)12-11-20-15(19-8)21-13-18(6,7)22-16(24)25-17(3,4)5;/h14H,10-13H2,1-9H3,(H,22,24)(H2,19,20,21);1H.